The highest BCUT2D eigenvalue weighted by molar-refractivity contribution is 9.10. The number of non-ortho nitro benzene ring substituents is 1. The Kier molecular flexibility index (Phi) is 5.76. The van der Waals surface area contributed by atoms with Crippen molar-refractivity contribution in [2.45, 2.75) is 0 Å². The summed E-state index contributed by atoms with van der Waals surface area (Å²) in [5.41, 5.74) is 3.57. The van der Waals surface area contributed by atoms with Crippen LogP contribution in [0.25, 0.3) is 6.08 Å². The van der Waals surface area contributed by atoms with Gasteiger partial charge in [0.25, 0.3) is 11.6 Å². The number of hydrogen-bond acceptors (Lipinski definition) is 4. The molecule has 2 aromatic carbocycles. The van der Waals surface area contributed by atoms with Crippen LogP contribution < -0.4 is 5.43 Å². The number of carbonyl (C=O) groups is 1. The summed E-state index contributed by atoms with van der Waals surface area (Å²) >= 11 is 3.29. The van der Waals surface area contributed by atoms with Gasteiger partial charge in [-0.15, -0.1) is 0 Å². The number of amides is 1. The van der Waals surface area contributed by atoms with Crippen molar-refractivity contribution in [3.05, 3.63) is 80.3 Å². The Morgan fingerprint density at radius 2 is 2.00 bits per heavy atom. The maximum absolute atomic E-state index is 11.8. The van der Waals surface area contributed by atoms with Gasteiger partial charge in [0.1, 0.15) is 0 Å². The van der Waals surface area contributed by atoms with E-state index in [0.717, 1.165) is 4.47 Å². The lowest BCUT2D eigenvalue weighted by molar-refractivity contribution is -0.384. The van der Waals surface area contributed by atoms with Gasteiger partial charge in [-0.05, 0) is 29.8 Å². The van der Waals surface area contributed by atoms with Crippen LogP contribution in [0, 0.1) is 10.1 Å². The standard InChI is InChI=1S/C16H12BrN3O3/c17-14-7-2-6-13(11-14)16(21)19-18-9-3-5-12-4-1-8-15(10-12)20(22)23/h1-11H,(H,19,21)/b5-3+,18-9-. The molecule has 0 atom stereocenters. The summed E-state index contributed by atoms with van der Waals surface area (Å²) in [5, 5.41) is 14.5. The van der Waals surface area contributed by atoms with Crippen LogP contribution in [0.4, 0.5) is 5.69 Å². The van der Waals surface area contributed by atoms with Gasteiger partial charge in [0.2, 0.25) is 0 Å². The van der Waals surface area contributed by atoms with Crippen LogP contribution in [0.15, 0.2) is 64.2 Å². The second kappa shape index (κ2) is 8.00. The molecule has 7 heteroatoms. The molecule has 0 aromatic heterocycles. The van der Waals surface area contributed by atoms with Crippen LogP contribution in [0.2, 0.25) is 0 Å². The summed E-state index contributed by atoms with van der Waals surface area (Å²) in [7, 11) is 0. The first-order chi connectivity index (χ1) is 11.1. The summed E-state index contributed by atoms with van der Waals surface area (Å²) in [5.74, 6) is -0.328. The maximum atomic E-state index is 11.8. The molecular weight excluding hydrogens is 362 g/mol. The summed E-state index contributed by atoms with van der Waals surface area (Å²) in [4.78, 5) is 22.0. The molecule has 23 heavy (non-hydrogen) atoms. The molecule has 0 bridgehead atoms. The van der Waals surface area contributed by atoms with E-state index in [2.05, 4.69) is 26.5 Å². The van der Waals surface area contributed by atoms with Gasteiger partial charge >= 0.3 is 0 Å². The average molecular weight is 374 g/mol. The van der Waals surface area contributed by atoms with Gasteiger partial charge in [0.15, 0.2) is 0 Å². The number of rotatable bonds is 5. The molecule has 0 radical (unpaired) electrons. The number of hydrogen-bond donors (Lipinski definition) is 1. The van der Waals surface area contributed by atoms with Crippen molar-refractivity contribution in [2.24, 2.45) is 5.10 Å². The van der Waals surface area contributed by atoms with Crippen molar-refractivity contribution in [1.82, 2.24) is 5.43 Å². The predicted molar refractivity (Wildman–Crippen MR) is 92.2 cm³/mol. The van der Waals surface area contributed by atoms with Gasteiger partial charge in [-0.3, -0.25) is 14.9 Å². The van der Waals surface area contributed by atoms with Crippen molar-refractivity contribution in [3.63, 3.8) is 0 Å². The molecular formula is C16H12BrN3O3. The van der Waals surface area contributed by atoms with Gasteiger partial charge in [0.05, 0.1) is 4.92 Å². The van der Waals surface area contributed by atoms with E-state index in [9.17, 15) is 14.9 Å². The normalized spacial score (nSPS) is 11.0. The summed E-state index contributed by atoms with van der Waals surface area (Å²) in [6, 6.07) is 13.1. The molecule has 0 aliphatic carbocycles. The number of allylic oxidation sites excluding steroid dienone is 1. The molecule has 0 heterocycles. The number of hydrazone groups is 1. The predicted octanol–water partition coefficient (Wildman–Crippen LogP) is 3.79. The fourth-order valence-electron chi connectivity index (χ4n) is 1.73. The molecule has 0 unspecified atom stereocenters. The molecule has 0 fully saturated rings. The number of halogens is 1. The van der Waals surface area contributed by atoms with E-state index in [0.29, 0.717) is 11.1 Å². The second-order valence-corrected chi connectivity index (χ2v) is 5.36. The molecule has 116 valence electrons. The molecule has 2 aromatic rings. The lowest BCUT2D eigenvalue weighted by Crippen LogP contribution is -2.17. The van der Waals surface area contributed by atoms with Gasteiger partial charge in [-0.1, -0.05) is 40.2 Å². The Morgan fingerprint density at radius 1 is 1.22 bits per heavy atom. The molecule has 0 saturated carbocycles. The number of benzene rings is 2. The maximum Gasteiger partial charge on any atom is 0.271 e. The van der Waals surface area contributed by atoms with Crippen LogP contribution >= 0.6 is 15.9 Å². The van der Waals surface area contributed by atoms with Crippen molar-refractivity contribution < 1.29 is 9.72 Å². The van der Waals surface area contributed by atoms with Crippen LogP contribution in [0.5, 0.6) is 0 Å². The number of nitro benzene ring substituents is 1. The Bertz CT molecular complexity index is 788. The minimum absolute atomic E-state index is 0.0204. The summed E-state index contributed by atoms with van der Waals surface area (Å²) < 4.78 is 0.805. The van der Waals surface area contributed by atoms with Gasteiger partial charge in [0, 0.05) is 28.4 Å². The Labute approximate surface area is 140 Å². The van der Waals surface area contributed by atoms with Crippen molar-refractivity contribution in [1.29, 1.82) is 0 Å². The van der Waals surface area contributed by atoms with E-state index in [-0.39, 0.29) is 11.6 Å². The highest BCUT2D eigenvalue weighted by atomic mass is 79.9. The van der Waals surface area contributed by atoms with Crippen molar-refractivity contribution in [3.8, 4) is 0 Å². The highest BCUT2D eigenvalue weighted by Crippen LogP contribution is 2.14. The average Bonchev–Trinajstić information content (AvgIpc) is 2.54. The number of carbonyl (C=O) groups excluding carboxylic acids is 1. The fourth-order valence-corrected chi connectivity index (χ4v) is 2.13. The number of nitro groups is 1. The Hall–Kier alpha value is -2.80. The fraction of sp³-hybridized carbons (Fsp3) is 0. The monoisotopic (exact) mass is 373 g/mol. The SMILES string of the molecule is O=C(N/N=C\C=C\c1cccc([N+](=O)[O-])c1)c1cccc(Br)c1. The number of nitrogens with zero attached hydrogens (tertiary/aromatic N) is 2. The van der Waals surface area contributed by atoms with Crippen LogP contribution in [-0.2, 0) is 0 Å². The van der Waals surface area contributed by atoms with Gasteiger partial charge in [-0.25, -0.2) is 5.43 Å². The van der Waals surface area contributed by atoms with E-state index in [4.69, 9.17) is 0 Å². The first-order valence-electron chi connectivity index (χ1n) is 6.56. The smallest absolute Gasteiger partial charge is 0.267 e. The first kappa shape index (κ1) is 16.6. The number of nitrogens with one attached hydrogen (secondary N) is 1. The van der Waals surface area contributed by atoms with Crippen LogP contribution in [0.1, 0.15) is 15.9 Å². The van der Waals surface area contributed by atoms with E-state index in [1.807, 2.05) is 6.07 Å². The minimum Gasteiger partial charge on any atom is -0.267 e. The topological polar surface area (TPSA) is 84.6 Å². The molecule has 0 aliphatic rings. The van der Waals surface area contributed by atoms with Gasteiger partial charge in [-0.2, -0.15) is 5.10 Å². The molecule has 0 spiro atoms. The molecule has 1 N–H and O–H groups in total. The molecule has 6 nitrogen and oxygen atoms in total. The zero-order valence-corrected chi connectivity index (χ0v) is 13.4. The third kappa shape index (κ3) is 5.15. The van der Waals surface area contributed by atoms with Crippen molar-refractivity contribution in [2.75, 3.05) is 0 Å². The van der Waals surface area contributed by atoms with E-state index >= 15 is 0 Å². The molecule has 0 saturated heterocycles. The molecule has 0 aliphatic heterocycles. The Balaban J connectivity index is 1.93. The highest BCUT2D eigenvalue weighted by Gasteiger charge is 2.04. The van der Waals surface area contributed by atoms with E-state index < -0.39 is 4.92 Å². The first-order valence-corrected chi connectivity index (χ1v) is 7.35. The minimum atomic E-state index is -0.455. The van der Waals surface area contributed by atoms with Crippen LogP contribution in [0.3, 0.4) is 0 Å². The third-order valence-electron chi connectivity index (χ3n) is 2.78. The summed E-state index contributed by atoms with van der Waals surface area (Å²) in [6.45, 7) is 0. The lowest BCUT2D eigenvalue weighted by Gasteiger charge is -1.99. The van der Waals surface area contributed by atoms with E-state index in [1.54, 1.807) is 42.5 Å². The molecule has 1 amide bonds. The van der Waals surface area contributed by atoms with Gasteiger partial charge < -0.3 is 0 Å². The zero-order chi connectivity index (χ0) is 16.7. The summed E-state index contributed by atoms with van der Waals surface area (Å²) in [6.07, 6.45) is 4.64. The lowest BCUT2D eigenvalue weighted by atomic mass is 10.2. The van der Waals surface area contributed by atoms with Crippen molar-refractivity contribution >= 4 is 39.8 Å². The van der Waals surface area contributed by atoms with Crippen LogP contribution in [-0.4, -0.2) is 17.0 Å². The zero-order valence-electron chi connectivity index (χ0n) is 11.8. The second-order valence-electron chi connectivity index (χ2n) is 4.44. The quantitative estimate of drug-likeness (QED) is 0.491. The molecule has 2 rings (SSSR count). The van der Waals surface area contributed by atoms with E-state index in [1.165, 1.54) is 18.3 Å². The third-order valence-corrected chi connectivity index (χ3v) is 3.28. The largest absolute Gasteiger partial charge is 0.271 e. The Morgan fingerprint density at radius 3 is 2.74 bits per heavy atom.